The lowest BCUT2D eigenvalue weighted by atomic mass is 10.2. The van der Waals surface area contributed by atoms with Crippen LogP contribution >= 0.6 is 28.1 Å². The fourth-order valence-electron chi connectivity index (χ4n) is 1.26. The van der Waals surface area contributed by atoms with Crippen molar-refractivity contribution >= 4 is 50.0 Å². The molecule has 0 saturated heterocycles. The fraction of sp³-hybridized carbons (Fsp3) is 0. The first-order valence-electron chi connectivity index (χ1n) is 4.14. The lowest BCUT2D eigenvalue weighted by Gasteiger charge is -2.07. The summed E-state index contributed by atoms with van der Waals surface area (Å²) in [6.07, 6.45) is 3.26. The lowest BCUT2D eigenvalue weighted by Crippen LogP contribution is -2.19. The first-order valence-corrected chi connectivity index (χ1v) is 5.34. The number of nitrogens with two attached hydrogens (primary N) is 1. The number of fused-ring (bicyclic) bond motifs is 1. The summed E-state index contributed by atoms with van der Waals surface area (Å²) in [5.74, 6) is 0. The van der Waals surface area contributed by atoms with Gasteiger partial charge in [-0.15, -0.1) is 0 Å². The summed E-state index contributed by atoms with van der Waals surface area (Å²) in [6.45, 7) is 0. The predicted octanol–water partition coefficient (Wildman–Crippen LogP) is 2.05. The molecule has 0 aliphatic rings. The van der Waals surface area contributed by atoms with Crippen LogP contribution in [0.1, 0.15) is 0 Å². The van der Waals surface area contributed by atoms with E-state index in [0.29, 0.717) is 0 Å². The van der Waals surface area contributed by atoms with Crippen molar-refractivity contribution in [3.8, 4) is 0 Å². The number of benzene rings is 1. The molecule has 6 heteroatoms. The van der Waals surface area contributed by atoms with Crippen molar-refractivity contribution in [2.75, 3.05) is 5.32 Å². The molecule has 0 amide bonds. The first-order chi connectivity index (χ1) is 7.18. The summed E-state index contributed by atoms with van der Waals surface area (Å²) >= 11 is 8.18. The van der Waals surface area contributed by atoms with Gasteiger partial charge in [-0.1, -0.05) is 0 Å². The van der Waals surface area contributed by atoms with E-state index in [2.05, 4.69) is 31.2 Å². The van der Waals surface area contributed by atoms with Crippen molar-refractivity contribution in [1.82, 2.24) is 9.97 Å². The topological polar surface area (TPSA) is 63.8 Å². The van der Waals surface area contributed by atoms with Gasteiger partial charge < -0.3 is 11.1 Å². The zero-order valence-corrected chi connectivity index (χ0v) is 9.97. The van der Waals surface area contributed by atoms with E-state index in [0.717, 1.165) is 21.2 Å². The lowest BCUT2D eigenvalue weighted by molar-refractivity contribution is 1.29. The van der Waals surface area contributed by atoms with Crippen LogP contribution < -0.4 is 11.1 Å². The molecule has 2 rings (SSSR count). The highest BCUT2D eigenvalue weighted by atomic mass is 79.9. The van der Waals surface area contributed by atoms with E-state index < -0.39 is 0 Å². The Morgan fingerprint density at radius 3 is 2.60 bits per heavy atom. The van der Waals surface area contributed by atoms with E-state index >= 15 is 0 Å². The van der Waals surface area contributed by atoms with Crippen molar-refractivity contribution in [3.63, 3.8) is 0 Å². The molecule has 3 N–H and O–H groups in total. The van der Waals surface area contributed by atoms with Gasteiger partial charge >= 0.3 is 0 Å². The molecule has 0 saturated carbocycles. The number of aromatic nitrogens is 2. The van der Waals surface area contributed by atoms with E-state index in [4.69, 9.17) is 18.0 Å². The van der Waals surface area contributed by atoms with Crippen LogP contribution in [0, 0.1) is 0 Å². The second-order valence-corrected chi connectivity index (χ2v) is 4.13. The summed E-state index contributed by atoms with van der Waals surface area (Å²) in [5.41, 5.74) is 7.68. The Kier molecular flexibility index (Phi) is 2.79. The number of nitrogens with one attached hydrogen (secondary N) is 1. The molecule has 0 atom stereocenters. The van der Waals surface area contributed by atoms with Gasteiger partial charge in [0.05, 0.1) is 5.69 Å². The summed E-state index contributed by atoms with van der Waals surface area (Å²) in [5, 5.41) is 3.07. The summed E-state index contributed by atoms with van der Waals surface area (Å²) in [7, 11) is 0. The number of anilines is 1. The SMILES string of the molecule is NC(=S)Nc1ccc(Br)c2nccnc12. The third kappa shape index (κ3) is 2.05. The van der Waals surface area contributed by atoms with Crippen molar-refractivity contribution in [2.24, 2.45) is 5.73 Å². The van der Waals surface area contributed by atoms with Crippen LogP contribution in [-0.4, -0.2) is 15.1 Å². The van der Waals surface area contributed by atoms with Crippen LogP contribution in [-0.2, 0) is 0 Å². The molecule has 0 radical (unpaired) electrons. The van der Waals surface area contributed by atoms with Crippen LogP contribution in [0.5, 0.6) is 0 Å². The number of rotatable bonds is 1. The maximum atomic E-state index is 5.41. The van der Waals surface area contributed by atoms with E-state index in [1.54, 1.807) is 12.4 Å². The molecule has 1 heterocycles. The highest BCUT2D eigenvalue weighted by molar-refractivity contribution is 9.10. The number of hydrogen-bond donors (Lipinski definition) is 2. The van der Waals surface area contributed by atoms with Gasteiger partial charge in [-0.05, 0) is 40.3 Å². The van der Waals surface area contributed by atoms with Gasteiger partial charge in [0.1, 0.15) is 11.0 Å². The molecule has 15 heavy (non-hydrogen) atoms. The smallest absolute Gasteiger partial charge is 0.168 e. The number of halogens is 1. The molecule has 0 spiro atoms. The van der Waals surface area contributed by atoms with Crippen LogP contribution in [0.2, 0.25) is 0 Å². The molecule has 2 aromatic rings. The van der Waals surface area contributed by atoms with Gasteiger partial charge in [-0.25, -0.2) is 0 Å². The number of nitrogens with zero attached hydrogens (tertiary/aromatic N) is 2. The zero-order chi connectivity index (χ0) is 10.8. The summed E-state index contributed by atoms with van der Waals surface area (Å²) in [4.78, 5) is 8.44. The molecule has 0 fully saturated rings. The predicted molar refractivity (Wildman–Crippen MR) is 67.6 cm³/mol. The fourth-order valence-corrected chi connectivity index (χ4v) is 1.79. The van der Waals surface area contributed by atoms with Gasteiger partial charge in [0.2, 0.25) is 0 Å². The van der Waals surface area contributed by atoms with E-state index in [9.17, 15) is 0 Å². The third-order valence-corrected chi connectivity index (χ3v) is 2.58. The van der Waals surface area contributed by atoms with Gasteiger partial charge in [0.25, 0.3) is 0 Å². The van der Waals surface area contributed by atoms with E-state index in [1.807, 2.05) is 12.1 Å². The highest BCUT2D eigenvalue weighted by Gasteiger charge is 2.06. The number of hydrogen-bond acceptors (Lipinski definition) is 3. The average molecular weight is 283 g/mol. The summed E-state index contributed by atoms with van der Waals surface area (Å²) in [6, 6.07) is 3.72. The minimum absolute atomic E-state index is 0.212. The van der Waals surface area contributed by atoms with E-state index in [1.165, 1.54) is 0 Å². The van der Waals surface area contributed by atoms with Gasteiger partial charge in [-0.2, -0.15) is 0 Å². The minimum atomic E-state index is 0.212. The summed E-state index contributed by atoms with van der Waals surface area (Å²) < 4.78 is 0.888. The molecule has 1 aromatic heterocycles. The first kappa shape index (κ1) is 10.3. The van der Waals surface area contributed by atoms with Crippen LogP contribution in [0.25, 0.3) is 11.0 Å². The number of thiocarbonyl (C=S) groups is 1. The minimum Gasteiger partial charge on any atom is -0.376 e. The highest BCUT2D eigenvalue weighted by Crippen LogP contribution is 2.26. The molecule has 0 aliphatic carbocycles. The molecular formula is C9H7BrN4S. The quantitative estimate of drug-likeness (QED) is 0.784. The van der Waals surface area contributed by atoms with Gasteiger partial charge in [-0.3, -0.25) is 9.97 Å². The Balaban J connectivity index is 2.66. The molecular weight excluding hydrogens is 276 g/mol. The Hall–Kier alpha value is -1.27. The second kappa shape index (κ2) is 4.08. The van der Waals surface area contributed by atoms with Crippen LogP contribution in [0.3, 0.4) is 0 Å². The Morgan fingerprint density at radius 2 is 1.93 bits per heavy atom. The monoisotopic (exact) mass is 282 g/mol. The molecule has 0 unspecified atom stereocenters. The molecule has 0 bridgehead atoms. The van der Waals surface area contributed by atoms with Gasteiger partial charge in [0, 0.05) is 16.9 Å². The molecule has 4 nitrogen and oxygen atoms in total. The van der Waals surface area contributed by atoms with Crippen molar-refractivity contribution < 1.29 is 0 Å². The maximum Gasteiger partial charge on any atom is 0.168 e. The average Bonchev–Trinajstić information content (AvgIpc) is 2.22. The van der Waals surface area contributed by atoms with Crippen molar-refractivity contribution in [2.45, 2.75) is 0 Å². The molecule has 0 aliphatic heterocycles. The Morgan fingerprint density at radius 1 is 1.27 bits per heavy atom. The third-order valence-electron chi connectivity index (χ3n) is 1.83. The maximum absolute atomic E-state index is 5.41. The zero-order valence-electron chi connectivity index (χ0n) is 7.57. The normalized spacial score (nSPS) is 10.2. The van der Waals surface area contributed by atoms with E-state index in [-0.39, 0.29) is 5.11 Å². The Labute approximate surface area is 100 Å². The second-order valence-electron chi connectivity index (χ2n) is 2.84. The van der Waals surface area contributed by atoms with Crippen molar-refractivity contribution in [3.05, 3.63) is 29.0 Å². The largest absolute Gasteiger partial charge is 0.376 e. The molecule has 1 aromatic carbocycles. The van der Waals surface area contributed by atoms with Crippen LogP contribution in [0.4, 0.5) is 5.69 Å². The standard InChI is InChI=1S/C9H7BrN4S/c10-5-1-2-6(14-9(11)15)8-7(5)12-3-4-13-8/h1-4H,(H3,11,14,15). The van der Waals surface area contributed by atoms with Crippen molar-refractivity contribution in [1.29, 1.82) is 0 Å². The van der Waals surface area contributed by atoms with Gasteiger partial charge in [0.15, 0.2) is 5.11 Å². The molecule has 76 valence electrons. The Bertz CT molecular complexity index is 529. The van der Waals surface area contributed by atoms with Crippen LogP contribution in [0.15, 0.2) is 29.0 Å².